The first kappa shape index (κ1) is 4.37. The van der Waals surface area contributed by atoms with E-state index in [0.29, 0.717) is 0 Å². The molecule has 0 amide bonds. The van der Waals surface area contributed by atoms with Crippen LogP contribution in [0.5, 0.6) is 0 Å². The van der Waals surface area contributed by atoms with Crippen molar-refractivity contribution in [3.05, 3.63) is 24.4 Å². The predicted molar refractivity (Wildman–Crippen MR) is 25.7 cm³/mol. The van der Waals surface area contributed by atoms with Crippen LogP contribution >= 0.6 is 0 Å². The summed E-state index contributed by atoms with van der Waals surface area (Å²) >= 11 is 0. The Bertz CT molecular complexity index is 140. The van der Waals surface area contributed by atoms with E-state index >= 15 is 0 Å². The second-order valence-corrected chi connectivity index (χ2v) is 1.44. The Labute approximate surface area is 42.1 Å². The Balaban J connectivity index is 3.12. The number of rotatable bonds is 0. The third kappa shape index (κ3) is 0.633. The molecule has 2 heteroatoms. The quantitative estimate of drug-likeness (QED) is 0.484. The van der Waals surface area contributed by atoms with Gasteiger partial charge in [0.1, 0.15) is 6.26 Å². The van der Waals surface area contributed by atoms with Crippen molar-refractivity contribution in [1.82, 2.24) is 5.16 Å². The van der Waals surface area contributed by atoms with Crippen LogP contribution in [0.3, 0.4) is 0 Å². The maximum absolute atomic E-state index is 4.53. The average molecular weight is 96.1 g/mol. The van der Waals surface area contributed by atoms with E-state index in [1.54, 1.807) is 6.26 Å². The number of hydrogen-bond donors (Lipinski definition) is 0. The SMILES string of the molecule is [CH2]c1nocc1C. The molecule has 0 spiro atoms. The zero-order valence-corrected chi connectivity index (χ0v) is 4.14. The third-order valence-electron chi connectivity index (χ3n) is 0.848. The van der Waals surface area contributed by atoms with E-state index in [9.17, 15) is 0 Å². The molecule has 0 atom stereocenters. The number of nitrogens with zero attached hydrogens (tertiary/aromatic N) is 1. The van der Waals surface area contributed by atoms with Crippen LogP contribution in [0.2, 0.25) is 0 Å². The van der Waals surface area contributed by atoms with Gasteiger partial charge in [-0.05, 0) is 13.8 Å². The zero-order chi connectivity index (χ0) is 5.28. The minimum Gasteiger partial charge on any atom is -0.364 e. The summed E-state index contributed by atoms with van der Waals surface area (Å²) in [6, 6.07) is 0. The molecule has 0 aliphatic heterocycles. The Morgan fingerprint density at radius 1 is 1.86 bits per heavy atom. The van der Waals surface area contributed by atoms with Gasteiger partial charge in [0.25, 0.3) is 0 Å². The highest BCUT2D eigenvalue weighted by Crippen LogP contribution is 1.99. The molecule has 0 N–H and O–H groups in total. The molecule has 0 aliphatic rings. The molecule has 0 unspecified atom stereocenters. The molecule has 1 rings (SSSR count). The number of hydrogen-bond acceptors (Lipinski definition) is 2. The zero-order valence-electron chi connectivity index (χ0n) is 4.14. The van der Waals surface area contributed by atoms with Crippen molar-refractivity contribution in [3.63, 3.8) is 0 Å². The van der Waals surface area contributed by atoms with E-state index in [0.717, 1.165) is 11.3 Å². The second-order valence-electron chi connectivity index (χ2n) is 1.44. The van der Waals surface area contributed by atoms with E-state index in [4.69, 9.17) is 0 Å². The maximum Gasteiger partial charge on any atom is 0.126 e. The lowest BCUT2D eigenvalue weighted by Crippen LogP contribution is -1.69. The van der Waals surface area contributed by atoms with Crippen LogP contribution in [0.4, 0.5) is 0 Å². The topological polar surface area (TPSA) is 26.0 Å². The first-order valence-corrected chi connectivity index (χ1v) is 2.03. The van der Waals surface area contributed by atoms with Gasteiger partial charge in [-0.3, -0.25) is 0 Å². The van der Waals surface area contributed by atoms with Gasteiger partial charge in [-0.1, -0.05) is 5.16 Å². The second kappa shape index (κ2) is 1.37. The van der Waals surface area contributed by atoms with Crippen molar-refractivity contribution in [2.24, 2.45) is 0 Å². The first-order chi connectivity index (χ1) is 3.30. The molecule has 7 heavy (non-hydrogen) atoms. The summed E-state index contributed by atoms with van der Waals surface area (Å²) in [5, 5.41) is 3.53. The fourth-order valence-electron chi connectivity index (χ4n) is 0.309. The van der Waals surface area contributed by atoms with Crippen LogP contribution in [0.25, 0.3) is 0 Å². The Morgan fingerprint density at radius 2 is 2.57 bits per heavy atom. The van der Waals surface area contributed by atoms with Crippen LogP contribution in [0, 0.1) is 13.8 Å². The van der Waals surface area contributed by atoms with E-state index in [1.807, 2.05) is 6.92 Å². The highest BCUT2D eigenvalue weighted by Gasteiger charge is 1.91. The standard InChI is InChI=1S/C5H6NO/c1-4-3-7-6-5(4)2/h3H,2H2,1H3. The molecule has 1 aromatic heterocycles. The largest absolute Gasteiger partial charge is 0.364 e. The van der Waals surface area contributed by atoms with E-state index in [2.05, 4.69) is 16.6 Å². The van der Waals surface area contributed by atoms with Crippen LogP contribution in [0.1, 0.15) is 11.3 Å². The third-order valence-corrected chi connectivity index (χ3v) is 0.848. The van der Waals surface area contributed by atoms with E-state index in [1.165, 1.54) is 0 Å². The molecule has 37 valence electrons. The van der Waals surface area contributed by atoms with Gasteiger partial charge in [0, 0.05) is 5.56 Å². The molecule has 1 aromatic rings. The summed E-state index contributed by atoms with van der Waals surface area (Å²) in [7, 11) is 0. The number of aryl methyl sites for hydroxylation is 1. The number of aromatic nitrogens is 1. The van der Waals surface area contributed by atoms with E-state index in [-0.39, 0.29) is 0 Å². The summed E-state index contributed by atoms with van der Waals surface area (Å²) in [4.78, 5) is 0. The van der Waals surface area contributed by atoms with E-state index < -0.39 is 0 Å². The van der Waals surface area contributed by atoms with Gasteiger partial charge >= 0.3 is 0 Å². The molecule has 2 nitrogen and oxygen atoms in total. The normalized spacial score (nSPS) is 9.43. The van der Waals surface area contributed by atoms with Gasteiger partial charge in [-0.15, -0.1) is 0 Å². The molecule has 0 aliphatic carbocycles. The summed E-state index contributed by atoms with van der Waals surface area (Å²) in [6.45, 7) is 5.48. The molecule has 0 fully saturated rings. The predicted octanol–water partition coefficient (Wildman–Crippen LogP) is 1.17. The molecular weight excluding hydrogens is 90.1 g/mol. The van der Waals surface area contributed by atoms with Gasteiger partial charge in [0.05, 0.1) is 5.69 Å². The Morgan fingerprint density at radius 3 is 2.71 bits per heavy atom. The van der Waals surface area contributed by atoms with Crippen molar-refractivity contribution in [2.45, 2.75) is 6.92 Å². The first-order valence-electron chi connectivity index (χ1n) is 2.03. The Hall–Kier alpha value is -0.790. The highest BCUT2D eigenvalue weighted by atomic mass is 16.5. The monoisotopic (exact) mass is 96.0 g/mol. The average Bonchev–Trinajstić information content (AvgIpc) is 1.91. The van der Waals surface area contributed by atoms with Crippen molar-refractivity contribution in [1.29, 1.82) is 0 Å². The van der Waals surface area contributed by atoms with Gasteiger partial charge < -0.3 is 4.52 Å². The molecule has 1 heterocycles. The smallest absolute Gasteiger partial charge is 0.126 e. The maximum atomic E-state index is 4.53. The molecule has 0 saturated carbocycles. The fourth-order valence-corrected chi connectivity index (χ4v) is 0.309. The van der Waals surface area contributed by atoms with Gasteiger partial charge in [0.2, 0.25) is 0 Å². The van der Waals surface area contributed by atoms with Gasteiger partial charge in [-0.2, -0.15) is 0 Å². The lowest BCUT2D eigenvalue weighted by atomic mass is 10.3. The van der Waals surface area contributed by atoms with Crippen molar-refractivity contribution in [3.8, 4) is 0 Å². The molecule has 0 saturated heterocycles. The summed E-state index contributed by atoms with van der Waals surface area (Å²) < 4.78 is 4.53. The summed E-state index contributed by atoms with van der Waals surface area (Å²) in [6.07, 6.45) is 1.57. The molecule has 1 radical (unpaired) electrons. The van der Waals surface area contributed by atoms with Crippen molar-refractivity contribution < 1.29 is 4.52 Å². The van der Waals surface area contributed by atoms with Crippen LogP contribution < -0.4 is 0 Å². The van der Waals surface area contributed by atoms with Gasteiger partial charge in [-0.25, -0.2) is 0 Å². The Kier molecular flexibility index (Phi) is 0.855. The minimum absolute atomic E-state index is 0.722. The summed E-state index contributed by atoms with van der Waals surface area (Å²) in [5.41, 5.74) is 1.72. The highest BCUT2D eigenvalue weighted by molar-refractivity contribution is 5.13. The van der Waals surface area contributed by atoms with Crippen LogP contribution in [-0.4, -0.2) is 5.16 Å². The van der Waals surface area contributed by atoms with Crippen molar-refractivity contribution >= 4 is 0 Å². The lowest BCUT2D eigenvalue weighted by molar-refractivity contribution is 0.416. The molecule has 0 bridgehead atoms. The molecular formula is C5H6NO. The van der Waals surface area contributed by atoms with Gasteiger partial charge in [0.15, 0.2) is 0 Å². The summed E-state index contributed by atoms with van der Waals surface area (Å²) in [5.74, 6) is 0. The van der Waals surface area contributed by atoms with Crippen molar-refractivity contribution in [2.75, 3.05) is 0 Å². The minimum atomic E-state index is 0.722. The van der Waals surface area contributed by atoms with Crippen LogP contribution in [0.15, 0.2) is 10.8 Å². The molecule has 0 aromatic carbocycles. The lowest BCUT2D eigenvalue weighted by Gasteiger charge is -1.73. The fraction of sp³-hybridized carbons (Fsp3) is 0.200. The van der Waals surface area contributed by atoms with Crippen LogP contribution in [-0.2, 0) is 0 Å².